The fourth-order valence-corrected chi connectivity index (χ4v) is 2.27. The Balaban J connectivity index is 1.99. The molecule has 0 bridgehead atoms. The lowest BCUT2D eigenvalue weighted by atomic mass is 10.2. The van der Waals surface area contributed by atoms with Gasteiger partial charge in [-0.1, -0.05) is 41.9 Å². The molecule has 2 aromatic rings. The van der Waals surface area contributed by atoms with Crippen molar-refractivity contribution in [3.05, 3.63) is 64.9 Å². The molecule has 1 atom stereocenters. The lowest BCUT2D eigenvalue weighted by molar-refractivity contribution is -0.137. The van der Waals surface area contributed by atoms with Crippen LogP contribution in [0.5, 0.6) is 5.75 Å². The summed E-state index contributed by atoms with van der Waals surface area (Å²) < 4.78 is 18.5. The maximum Gasteiger partial charge on any atom is 0.263 e. The Kier molecular flexibility index (Phi) is 5.39. The number of hydrogen-bond donors (Lipinski definition) is 0. The van der Waals surface area contributed by atoms with E-state index in [1.54, 1.807) is 18.9 Å². The zero-order valence-electron chi connectivity index (χ0n) is 12.4. The van der Waals surface area contributed by atoms with Crippen LogP contribution in [0.3, 0.4) is 0 Å². The number of carbonyl (C=O) groups excluding carboxylic acids is 1. The smallest absolute Gasteiger partial charge is 0.263 e. The Morgan fingerprint density at radius 1 is 1.27 bits per heavy atom. The number of hydrogen-bond acceptors (Lipinski definition) is 2. The van der Waals surface area contributed by atoms with E-state index in [0.717, 1.165) is 11.6 Å². The predicted molar refractivity (Wildman–Crippen MR) is 84.4 cm³/mol. The second-order valence-electron chi connectivity index (χ2n) is 5.01. The standard InChI is InChI=1S/C17H17ClFNO2/c1-12(22-16-9-8-14(19)10-15(16)18)17(21)20(2)11-13-6-4-3-5-7-13/h3-10,12H,11H2,1-2H3. The van der Waals surface area contributed by atoms with Gasteiger partial charge in [-0.05, 0) is 30.7 Å². The van der Waals surface area contributed by atoms with Crippen LogP contribution in [-0.4, -0.2) is 24.0 Å². The molecule has 0 aliphatic carbocycles. The van der Waals surface area contributed by atoms with Crippen molar-refractivity contribution in [3.63, 3.8) is 0 Å². The van der Waals surface area contributed by atoms with Crippen LogP contribution in [-0.2, 0) is 11.3 Å². The second-order valence-corrected chi connectivity index (χ2v) is 5.42. The Morgan fingerprint density at radius 2 is 1.95 bits per heavy atom. The van der Waals surface area contributed by atoms with Crippen LogP contribution in [0.2, 0.25) is 5.02 Å². The molecule has 0 radical (unpaired) electrons. The highest BCUT2D eigenvalue weighted by Gasteiger charge is 2.20. The van der Waals surface area contributed by atoms with E-state index in [9.17, 15) is 9.18 Å². The SMILES string of the molecule is CC(Oc1ccc(F)cc1Cl)C(=O)N(C)Cc1ccccc1. The van der Waals surface area contributed by atoms with E-state index in [0.29, 0.717) is 6.54 Å². The summed E-state index contributed by atoms with van der Waals surface area (Å²) in [6.45, 7) is 2.13. The first kappa shape index (κ1) is 16.3. The number of carbonyl (C=O) groups is 1. The van der Waals surface area contributed by atoms with E-state index < -0.39 is 11.9 Å². The van der Waals surface area contributed by atoms with Crippen LogP contribution >= 0.6 is 11.6 Å². The minimum absolute atomic E-state index is 0.144. The summed E-state index contributed by atoms with van der Waals surface area (Å²) in [5.74, 6) is -0.334. The summed E-state index contributed by atoms with van der Waals surface area (Å²) >= 11 is 5.90. The fraction of sp³-hybridized carbons (Fsp3) is 0.235. The molecule has 0 fully saturated rings. The molecule has 22 heavy (non-hydrogen) atoms. The van der Waals surface area contributed by atoms with Crippen LogP contribution in [0.25, 0.3) is 0 Å². The van der Waals surface area contributed by atoms with Crippen LogP contribution in [0.4, 0.5) is 4.39 Å². The van der Waals surface area contributed by atoms with E-state index in [2.05, 4.69) is 0 Å². The molecule has 0 aliphatic rings. The molecule has 0 heterocycles. The fourth-order valence-electron chi connectivity index (χ4n) is 2.06. The average molecular weight is 322 g/mol. The number of nitrogens with zero attached hydrogens (tertiary/aromatic N) is 1. The Labute approximate surface area is 134 Å². The van der Waals surface area contributed by atoms with Crippen molar-refractivity contribution in [1.29, 1.82) is 0 Å². The van der Waals surface area contributed by atoms with E-state index in [1.807, 2.05) is 30.3 Å². The third-order valence-electron chi connectivity index (χ3n) is 3.18. The second kappa shape index (κ2) is 7.27. The zero-order chi connectivity index (χ0) is 16.1. The summed E-state index contributed by atoms with van der Waals surface area (Å²) in [6, 6.07) is 13.5. The maximum absolute atomic E-state index is 13.0. The summed E-state index contributed by atoms with van der Waals surface area (Å²) in [6.07, 6.45) is -0.711. The van der Waals surface area contributed by atoms with Gasteiger partial charge < -0.3 is 9.64 Å². The van der Waals surface area contributed by atoms with Crippen LogP contribution in [0, 0.1) is 5.82 Å². The molecule has 5 heteroatoms. The van der Waals surface area contributed by atoms with Crippen molar-refractivity contribution in [1.82, 2.24) is 4.90 Å². The van der Waals surface area contributed by atoms with E-state index in [4.69, 9.17) is 16.3 Å². The first-order chi connectivity index (χ1) is 10.5. The minimum Gasteiger partial charge on any atom is -0.479 e. The zero-order valence-corrected chi connectivity index (χ0v) is 13.2. The van der Waals surface area contributed by atoms with Gasteiger partial charge in [0.15, 0.2) is 6.10 Å². The topological polar surface area (TPSA) is 29.5 Å². The number of amides is 1. The van der Waals surface area contributed by atoms with Gasteiger partial charge in [0.05, 0.1) is 5.02 Å². The molecule has 1 unspecified atom stereocenters. The normalized spacial score (nSPS) is 11.8. The molecule has 3 nitrogen and oxygen atoms in total. The van der Waals surface area contributed by atoms with Gasteiger partial charge in [-0.15, -0.1) is 0 Å². The van der Waals surface area contributed by atoms with Crippen LogP contribution in [0.1, 0.15) is 12.5 Å². The molecule has 116 valence electrons. The average Bonchev–Trinajstić information content (AvgIpc) is 2.50. The highest BCUT2D eigenvalue weighted by atomic mass is 35.5. The summed E-state index contributed by atoms with van der Waals surface area (Å²) in [7, 11) is 1.71. The number of halogens is 2. The third kappa shape index (κ3) is 4.21. The lowest BCUT2D eigenvalue weighted by Gasteiger charge is -2.22. The largest absolute Gasteiger partial charge is 0.479 e. The van der Waals surface area contributed by atoms with Crippen molar-refractivity contribution in [2.24, 2.45) is 0 Å². The van der Waals surface area contributed by atoms with Gasteiger partial charge >= 0.3 is 0 Å². The van der Waals surface area contributed by atoms with Crippen LogP contribution in [0.15, 0.2) is 48.5 Å². The summed E-state index contributed by atoms with van der Waals surface area (Å²) in [5.41, 5.74) is 1.03. The van der Waals surface area contributed by atoms with Gasteiger partial charge in [0, 0.05) is 13.6 Å². The lowest BCUT2D eigenvalue weighted by Crippen LogP contribution is -2.37. The summed E-state index contributed by atoms with van der Waals surface area (Å²) in [4.78, 5) is 13.9. The predicted octanol–water partition coefficient (Wildman–Crippen LogP) is 3.91. The van der Waals surface area contributed by atoms with Gasteiger partial charge in [-0.25, -0.2) is 4.39 Å². The van der Waals surface area contributed by atoms with Crippen molar-refractivity contribution < 1.29 is 13.9 Å². The molecular formula is C17H17ClFNO2. The molecule has 0 spiro atoms. The monoisotopic (exact) mass is 321 g/mol. The van der Waals surface area contributed by atoms with Crippen molar-refractivity contribution in [3.8, 4) is 5.75 Å². The molecule has 0 aromatic heterocycles. The quantitative estimate of drug-likeness (QED) is 0.835. The number of ether oxygens (including phenoxy) is 1. The van der Waals surface area contributed by atoms with Crippen molar-refractivity contribution in [2.75, 3.05) is 7.05 Å². The Hall–Kier alpha value is -2.07. The van der Waals surface area contributed by atoms with Gasteiger partial charge in [0.25, 0.3) is 5.91 Å². The maximum atomic E-state index is 13.0. The molecule has 0 saturated carbocycles. The summed E-state index contributed by atoms with van der Waals surface area (Å²) in [5, 5.41) is 0.144. The van der Waals surface area contributed by atoms with Gasteiger partial charge in [0.1, 0.15) is 11.6 Å². The van der Waals surface area contributed by atoms with Crippen LogP contribution < -0.4 is 4.74 Å². The van der Waals surface area contributed by atoms with Gasteiger partial charge in [-0.2, -0.15) is 0 Å². The molecule has 0 saturated heterocycles. The van der Waals surface area contributed by atoms with Crippen molar-refractivity contribution >= 4 is 17.5 Å². The highest BCUT2D eigenvalue weighted by Crippen LogP contribution is 2.26. The van der Waals surface area contributed by atoms with Crippen molar-refractivity contribution in [2.45, 2.75) is 19.6 Å². The van der Waals surface area contributed by atoms with E-state index >= 15 is 0 Å². The minimum atomic E-state index is -0.711. The van der Waals surface area contributed by atoms with E-state index in [1.165, 1.54) is 12.1 Å². The Bertz CT molecular complexity index is 648. The number of rotatable bonds is 5. The number of likely N-dealkylation sites (N-methyl/N-ethyl adjacent to an activating group) is 1. The molecule has 0 N–H and O–H groups in total. The third-order valence-corrected chi connectivity index (χ3v) is 3.48. The molecule has 2 aromatic carbocycles. The highest BCUT2D eigenvalue weighted by molar-refractivity contribution is 6.32. The number of benzene rings is 2. The Morgan fingerprint density at radius 3 is 2.59 bits per heavy atom. The first-order valence-corrected chi connectivity index (χ1v) is 7.26. The van der Waals surface area contributed by atoms with Gasteiger partial charge in [0.2, 0.25) is 0 Å². The molecule has 2 rings (SSSR count). The molecule has 1 amide bonds. The van der Waals surface area contributed by atoms with E-state index in [-0.39, 0.29) is 16.7 Å². The molecular weight excluding hydrogens is 305 g/mol. The van der Waals surface area contributed by atoms with Gasteiger partial charge in [-0.3, -0.25) is 4.79 Å². The first-order valence-electron chi connectivity index (χ1n) is 6.88. The molecule has 0 aliphatic heterocycles.